The van der Waals surface area contributed by atoms with Gasteiger partial charge in [0.15, 0.2) is 0 Å². The molecule has 2 atom stereocenters. The summed E-state index contributed by atoms with van der Waals surface area (Å²) >= 11 is 0. The Morgan fingerprint density at radius 3 is 3.00 bits per heavy atom. The highest BCUT2D eigenvalue weighted by Crippen LogP contribution is 2.34. The van der Waals surface area contributed by atoms with Crippen molar-refractivity contribution < 1.29 is 19.1 Å². The molecule has 0 bridgehead atoms. The van der Waals surface area contributed by atoms with Gasteiger partial charge >= 0.3 is 12.1 Å². The van der Waals surface area contributed by atoms with Crippen molar-refractivity contribution in [1.82, 2.24) is 5.32 Å². The summed E-state index contributed by atoms with van der Waals surface area (Å²) in [5.41, 5.74) is 2.82. The Morgan fingerprint density at radius 2 is 2.26 bits per heavy atom. The van der Waals surface area contributed by atoms with Crippen molar-refractivity contribution in [1.29, 1.82) is 0 Å². The third kappa shape index (κ3) is 4.71. The summed E-state index contributed by atoms with van der Waals surface area (Å²) in [5.74, 6) is -0.296. The normalized spacial score (nSPS) is 29.5. The topological polar surface area (TPSA) is 64.6 Å². The number of rotatable bonds is 3. The van der Waals surface area contributed by atoms with E-state index in [9.17, 15) is 9.59 Å². The zero-order chi connectivity index (χ0) is 16.8. The highest BCUT2D eigenvalue weighted by atomic mass is 16.6. The Hall–Kier alpha value is -2.04. The van der Waals surface area contributed by atoms with Gasteiger partial charge in [0.05, 0.1) is 0 Å². The van der Waals surface area contributed by atoms with E-state index in [0.29, 0.717) is 12.1 Å². The zero-order valence-corrected chi connectivity index (χ0v) is 13.9. The minimum atomic E-state index is -0.400. The summed E-state index contributed by atoms with van der Waals surface area (Å²) in [6, 6.07) is 0. The average molecular weight is 319 g/mol. The number of hydrogen-bond donors (Lipinski definition) is 1. The molecule has 5 nitrogen and oxygen atoms in total. The summed E-state index contributed by atoms with van der Waals surface area (Å²) in [6.45, 7) is 8.60. The van der Waals surface area contributed by atoms with E-state index >= 15 is 0 Å². The number of allylic oxidation sites excluding steroid dienone is 2. The van der Waals surface area contributed by atoms with E-state index in [-0.39, 0.29) is 24.6 Å². The average Bonchev–Trinajstić information content (AvgIpc) is 2.76. The first-order valence-electron chi connectivity index (χ1n) is 8.16. The summed E-state index contributed by atoms with van der Waals surface area (Å²) < 4.78 is 10.6. The molecule has 5 heteroatoms. The van der Waals surface area contributed by atoms with Crippen molar-refractivity contribution in [3.05, 3.63) is 35.5 Å². The zero-order valence-electron chi connectivity index (χ0n) is 13.9. The van der Waals surface area contributed by atoms with Crippen molar-refractivity contribution in [3.63, 3.8) is 0 Å². The van der Waals surface area contributed by atoms with Gasteiger partial charge in [0.2, 0.25) is 0 Å². The van der Waals surface area contributed by atoms with Crippen molar-refractivity contribution in [2.75, 3.05) is 13.2 Å². The van der Waals surface area contributed by atoms with Gasteiger partial charge in [-0.05, 0) is 51.2 Å². The Kier molecular flexibility index (Phi) is 6.02. The predicted molar refractivity (Wildman–Crippen MR) is 87.8 cm³/mol. The van der Waals surface area contributed by atoms with Crippen LogP contribution in [0.5, 0.6) is 0 Å². The first kappa shape index (κ1) is 17.3. The fraction of sp³-hybridized carbons (Fsp3) is 0.556. The van der Waals surface area contributed by atoms with Crippen molar-refractivity contribution in [2.45, 2.75) is 45.6 Å². The van der Waals surface area contributed by atoms with Gasteiger partial charge in [0.1, 0.15) is 12.7 Å². The van der Waals surface area contributed by atoms with Crippen LogP contribution in [-0.4, -0.2) is 31.3 Å². The summed E-state index contributed by atoms with van der Waals surface area (Å²) in [6.07, 6.45) is 6.90. The molecule has 1 aliphatic heterocycles. The first-order chi connectivity index (χ1) is 11.0. The summed E-state index contributed by atoms with van der Waals surface area (Å²) in [7, 11) is 0. The lowest BCUT2D eigenvalue weighted by Crippen LogP contribution is -2.24. The molecular formula is C18H25NO4. The van der Waals surface area contributed by atoms with Gasteiger partial charge in [-0.25, -0.2) is 9.59 Å². The third-order valence-corrected chi connectivity index (χ3v) is 4.26. The van der Waals surface area contributed by atoms with Crippen molar-refractivity contribution in [2.24, 2.45) is 5.92 Å². The second-order valence-corrected chi connectivity index (χ2v) is 6.06. The van der Waals surface area contributed by atoms with Crippen LogP contribution in [0, 0.1) is 5.92 Å². The maximum atomic E-state index is 11.8. The second-order valence-electron chi connectivity index (χ2n) is 6.06. The SMILES string of the molecule is C=C1C(=O)O[C@@H]2/C=C(\C)CC/C=C(\COC(=O)NCC)CC[C@H]12. The number of hydrogen-bond acceptors (Lipinski definition) is 4. The fourth-order valence-electron chi connectivity index (χ4n) is 2.92. The molecule has 1 aliphatic carbocycles. The van der Waals surface area contributed by atoms with Crippen LogP contribution in [0.2, 0.25) is 0 Å². The lowest BCUT2D eigenvalue weighted by molar-refractivity contribution is -0.137. The molecule has 0 aromatic carbocycles. The standard InChI is InChI=1S/C18H25NO4/c1-4-19-18(21)22-11-14-7-5-6-12(2)10-16-15(9-8-14)13(3)17(20)23-16/h7,10,15-16H,3-6,8-9,11H2,1-2H3,(H,19,21)/b12-10+,14-7-/t15-,16-/m1/s1. The lowest BCUT2D eigenvalue weighted by atomic mass is 9.88. The molecule has 0 radical (unpaired) electrons. The molecule has 1 fully saturated rings. The number of fused-ring (bicyclic) bond motifs is 1. The van der Waals surface area contributed by atoms with Crippen molar-refractivity contribution >= 4 is 12.1 Å². The second kappa shape index (κ2) is 7.99. The molecule has 0 aromatic heterocycles. The molecule has 0 saturated carbocycles. The molecule has 1 N–H and O–H groups in total. The Balaban J connectivity index is 2.04. The number of carbonyl (C=O) groups is 2. The molecule has 23 heavy (non-hydrogen) atoms. The highest BCUT2D eigenvalue weighted by Gasteiger charge is 2.37. The van der Waals surface area contributed by atoms with E-state index in [4.69, 9.17) is 9.47 Å². The van der Waals surface area contributed by atoms with Gasteiger partial charge in [-0.3, -0.25) is 0 Å². The van der Waals surface area contributed by atoms with Crippen LogP contribution in [0.1, 0.15) is 39.5 Å². The van der Waals surface area contributed by atoms with E-state index in [2.05, 4.69) is 18.0 Å². The molecule has 1 amide bonds. The number of amides is 1. The Bertz CT molecular complexity index is 547. The molecule has 0 unspecified atom stereocenters. The maximum Gasteiger partial charge on any atom is 0.407 e. The minimum Gasteiger partial charge on any atom is -0.454 e. The van der Waals surface area contributed by atoms with E-state index in [1.54, 1.807) is 0 Å². The monoisotopic (exact) mass is 319 g/mol. The number of alkyl carbamates (subject to hydrolysis) is 1. The lowest BCUT2D eigenvalue weighted by Gasteiger charge is -2.18. The number of esters is 1. The van der Waals surface area contributed by atoms with E-state index in [1.807, 2.05) is 19.9 Å². The van der Waals surface area contributed by atoms with Gasteiger partial charge < -0.3 is 14.8 Å². The maximum absolute atomic E-state index is 11.8. The molecule has 126 valence electrons. The minimum absolute atomic E-state index is 0.00317. The highest BCUT2D eigenvalue weighted by molar-refractivity contribution is 5.91. The number of carbonyl (C=O) groups excluding carboxylic acids is 2. The van der Waals surface area contributed by atoms with Crippen LogP contribution in [-0.2, 0) is 14.3 Å². The third-order valence-electron chi connectivity index (χ3n) is 4.26. The molecular weight excluding hydrogens is 294 g/mol. The molecule has 2 aliphatic rings. The van der Waals surface area contributed by atoms with Crippen LogP contribution in [0.4, 0.5) is 4.79 Å². The smallest absolute Gasteiger partial charge is 0.407 e. The largest absolute Gasteiger partial charge is 0.454 e. The number of ether oxygens (including phenoxy) is 2. The van der Waals surface area contributed by atoms with Gasteiger partial charge in [-0.2, -0.15) is 0 Å². The Morgan fingerprint density at radius 1 is 1.48 bits per heavy atom. The Labute approximate surface area is 137 Å². The van der Waals surface area contributed by atoms with Crippen LogP contribution in [0.15, 0.2) is 35.5 Å². The van der Waals surface area contributed by atoms with Crippen LogP contribution in [0.3, 0.4) is 0 Å². The molecule has 1 saturated heterocycles. The van der Waals surface area contributed by atoms with E-state index in [0.717, 1.165) is 31.3 Å². The van der Waals surface area contributed by atoms with Gasteiger partial charge in [-0.15, -0.1) is 0 Å². The molecule has 0 spiro atoms. The number of nitrogens with one attached hydrogen (secondary N) is 1. The van der Waals surface area contributed by atoms with Crippen LogP contribution in [0.25, 0.3) is 0 Å². The predicted octanol–water partition coefficient (Wildman–Crippen LogP) is 3.28. The molecule has 2 rings (SSSR count). The van der Waals surface area contributed by atoms with Gasteiger partial charge in [0, 0.05) is 18.0 Å². The quantitative estimate of drug-likeness (QED) is 0.492. The van der Waals surface area contributed by atoms with Crippen LogP contribution < -0.4 is 5.32 Å². The van der Waals surface area contributed by atoms with Crippen molar-refractivity contribution in [3.8, 4) is 0 Å². The first-order valence-corrected chi connectivity index (χ1v) is 8.16. The fourth-order valence-corrected chi connectivity index (χ4v) is 2.92. The van der Waals surface area contributed by atoms with Crippen LogP contribution >= 0.6 is 0 Å². The van der Waals surface area contributed by atoms with E-state index in [1.165, 1.54) is 5.57 Å². The molecule has 0 aromatic rings. The van der Waals surface area contributed by atoms with Gasteiger partial charge in [0.25, 0.3) is 0 Å². The summed E-state index contributed by atoms with van der Waals surface area (Å²) in [5, 5.41) is 2.62. The molecule has 1 heterocycles. The van der Waals surface area contributed by atoms with E-state index < -0.39 is 6.09 Å². The van der Waals surface area contributed by atoms with Gasteiger partial charge in [-0.1, -0.05) is 18.2 Å². The summed E-state index contributed by atoms with van der Waals surface area (Å²) in [4.78, 5) is 23.2.